The minimum atomic E-state index is -4.58. The fraction of sp³-hybridized carbons (Fsp3) is 0.588. The number of carboxylic acids is 1. The zero-order chi connectivity index (χ0) is 20.0. The summed E-state index contributed by atoms with van der Waals surface area (Å²) in [6, 6.07) is 0.406. The molecule has 0 aromatic carbocycles. The fourth-order valence-corrected chi connectivity index (χ4v) is 3.29. The number of piperazine rings is 1. The molecule has 1 aromatic heterocycles. The first kappa shape index (κ1) is 19.4. The average molecular weight is 387 g/mol. The van der Waals surface area contributed by atoms with E-state index < -0.39 is 29.0 Å². The van der Waals surface area contributed by atoms with Gasteiger partial charge in [0.15, 0.2) is 11.4 Å². The smallest absolute Gasteiger partial charge is 0.418 e. The number of hydrogen-bond acceptors (Lipinski definition) is 5. The van der Waals surface area contributed by atoms with Crippen molar-refractivity contribution in [3.8, 4) is 5.75 Å². The van der Waals surface area contributed by atoms with Crippen molar-refractivity contribution >= 4 is 11.9 Å². The monoisotopic (exact) mass is 387 g/mol. The Hall–Kier alpha value is -2.36. The lowest BCUT2D eigenvalue weighted by molar-refractivity contribution is -0.148. The largest absolute Gasteiger partial charge is 0.489 e. The summed E-state index contributed by atoms with van der Waals surface area (Å²) in [5.41, 5.74) is -2.06. The van der Waals surface area contributed by atoms with Gasteiger partial charge in [0.05, 0.1) is 17.0 Å². The van der Waals surface area contributed by atoms with E-state index in [2.05, 4.69) is 4.98 Å². The Morgan fingerprint density at radius 3 is 2.70 bits per heavy atom. The third kappa shape index (κ3) is 3.85. The van der Waals surface area contributed by atoms with Gasteiger partial charge < -0.3 is 14.7 Å². The molecule has 3 rings (SSSR count). The van der Waals surface area contributed by atoms with E-state index in [4.69, 9.17) is 4.74 Å². The number of hydrogen-bond donors (Lipinski definition) is 1. The van der Waals surface area contributed by atoms with Gasteiger partial charge in [-0.2, -0.15) is 13.2 Å². The van der Waals surface area contributed by atoms with Gasteiger partial charge in [-0.05, 0) is 19.9 Å². The third-order valence-electron chi connectivity index (χ3n) is 4.84. The van der Waals surface area contributed by atoms with Gasteiger partial charge in [-0.3, -0.25) is 14.5 Å². The number of fused-ring (bicyclic) bond motifs is 2. The van der Waals surface area contributed by atoms with E-state index in [9.17, 15) is 27.9 Å². The van der Waals surface area contributed by atoms with Crippen LogP contribution in [-0.4, -0.2) is 70.6 Å². The Labute approximate surface area is 153 Å². The van der Waals surface area contributed by atoms with Crippen molar-refractivity contribution in [1.29, 1.82) is 0 Å². The molecular formula is C17H20F3N3O4. The van der Waals surface area contributed by atoms with Crippen molar-refractivity contribution in [1.82, 2.24) is 14.8 Å². The third-order valence-corrected chi connectivity index (χ3v) is 4.84. The molecule has 1 amide bonds. The van der Waals surface area contributed by atoms with E-state index in [0.717, 1.165) is 6.07 Å². The number of aliphatic carboxylic acids is 1. The summed E-state index contributed by atoms with van der Waals surface area (Å²) >= 11 is 0. The molecule has 1 atom stereocenters. The summed E-state index contributed by atoms with van der Waals surface area (Å²) in [6.45, 7) is 4.72. The van der Waals surface area contributed by atoms with Crippen LogP contribution >= 0.6 is 0 Å². The van der Waals surface area contributed by atoms with Crippen molar-refractivity contribution in [2.75, 3.05) is 32.8 Å². The highest BCUT2D eigenvalue weighted by Crippen LogP contribution is 2.34. The Bertz CT molecular complexity index is 766. The van der Waals surface area contributed by atoms with Gasteiger partial charge in [0.1, 0.15) is 6.61 Å². The van der Waals surface area contributed by atoms with E-state index in [0.29, 0.717) is 32.4 Å². The number of carboxylic acid groups (broad SMARTS) is 1. The quantitative estimate of drug-likeness (QED) is 0.851. The summed E-state index contributed by atoms with van der Waals surface area (Å²) in [6.07, 6.45) is -3.95. The van der Waals surface area contributed by atoms with E-state index in [1.54, 1.807) is 13.8 Å². The molecule has 0 saturated carbocycles. The highest BCUT2D eigenvalue weighted by Gasteiger charge is 2.40. The SMILES string of the molecule is CC(C)(CN1CCN2C(=O)c3ncc(C(F)(F)F)cc3OC[C@H]2C1)C(=O)O. The Balaban J connectivity index is 1.79. The van der Waals surface area contributed by atoms with Gasteiger partial charge >= 0.3 is 12.1 Å². The molecule has 3 heterocycles. The molecule has 1 N–H and O–H groups in total. The zero-order valence-electron chi connectivity index (χ0n) is 14.9. The number of halogens is 3. The van der Waals surface area contributed by atoms with E-state index >= 15 is 0 Å². The normalized spacial score (nSPS) is 21.1. The first-order chi connectivity index (χ1) is 12.5. The molecule has 0 bridgehead atoms. The second-order valence-electron chi connectivity index (χ2n) is 7.46. The van der Waals surface area contributed by atoms with Crippen LogP contribution in [0.1, 0.15) is 29.9 Å². The number of carbonyl (C=O) groups is 2. The van der Waals surface area contributed by atoms with Crippen LogP contribution in [0, 0.1) is 5.41 Å². The summed E-state index contributed by atoms with van der Waals surface area (Å²) in [7, 11) is 0. The molecule has 0 spiro atoms. The van der Waals surface area contributed by atoms with Crippen LogP contribution in [0.15, 0.2) is 12.3 Å². The van der Waals surface area contributed by atoms with Crippen LogP contribution in [0.2, 0.25) is 0 Å². The molecule has 7 nitrogen and oxygen atoms in total. The number of carbonyl (C=O) groups excluding carboxylic acids is 1. The number of pyridine rings is 1. The van der Waals surface area contributed by atoms with Gasteiger partial charge in [-0.25, -0.2) is 4.98 Å². The van der Waals surface area contributed by atoms with Crippen molar-refractivity contribution in [2.45, 2.75) is 26.1 Å². The second kappa shape index (κ2) is 6.66. The lowest BCUT2D eigenvalue weighted by Crippen LogP contribution is -2.58. The van der Waals surface area contributed by atoms with Gasteiger partial charge in [0.25, 0.3) is 5.91 Å². The van der Waals surface area contributed by atoms with Crippen LogP contribution in [-0.2, 0) is 11.0 Å². The maximum atomic E-state index is 12.9. The number of alkyl halides is 3. The standard InChI is InChI=1S/C17H20F3N3O4/c1-16(2,15(25)26)9-22-3-4-23-11(7-22)8-27-12-5-10(17(18,19)20)6-21-13(12)14(23)24/h5-6,11H,3-4,7-9H2,1-2H3,(H,25,26)/t11-/m1/s1. The second-order valence-corrected chi connectivity index (χ2v) is 7.46. The van der Waals surface area contributed by atoms with Crippen molar-refractivity contribution in [3.63, 3.8) is 0 Å². The molecule has 2 aliphatic rings. The first-order valence-corrected chi connectivity index (χ1v) is 8.46. The summed E-state index contributed by atoms with van der Waals surface area (Å²) in [5.74, 6) is -1.57. The van der Waals surface area contributed by atoms with Crippen LogP contribution < -0.4 is 4.74 Å². The summed E-state index contributed by atoms with van der Waals surface area (Å²) in [4.78, 5) is 31.2. The van der Waals surface area contributed by atoms with Crippen molar-refractivity contribution in [2.24, 2.45) is 5.41 Å². The van der Waals surface area contributed by atoms with Crippen molar-refractivity contribution in [3.05, 3.63) is 23.5 Å². The molecule has 1 fully saturated rings. The molecule has 2 aliphatic heterocycles. The number of aromatic nitrogens is 1. The molecule has 27 heavy (non-hydrogen) atoms. The molecule has 1 aromatic rings. The van der Waals surface area contributed by atoms with Crippen LogP contribution in [0.4, 0.5) is 13.2 Å². The zero-order valence-corrected chi connectivity index (χ0v) is 14.9. The maximum absolute atomic E-state index is 12.9. The minimum Gasteiger partial charge on any atom is -0.489 e. The highest BCUT2D eigenvalue weighted by molar-refractivity contribution is 5.95. The molecule has 148 valence electrons. The van der Waals surface area contributed by atoms with Crippen LogP contribution in [0.5, 0.6) is 5.75 Å². The van der Waals surface area contributed by atoms with Crippen LogP contribution in [0.25, 0.3) is 0 Å². The topological polar surface area (TPSA) is 83.0 Å². The molecule has 1 saturated heterocycles. The molecule has 0 radical (unpaired) electrons. The number of rotatable bonds is 3. The molecule has 0 aliphatic carbocycles. The predicted octanol–water partition coefficient (Wildman–Crippen LogP) is 1.73. The van der Waals surface area contributed by atoms with E-state index in [1.165, 1.54) is 4.90 Å². The van der Waals surface area contributed by atoms with Gasteiger partial charge in [0, 0.05) is 32.4 Å². The average Bonchev–Trinajstić information content (AvgIpc) is 2.70. The molecule has 10 heteroatoms. The summed E-state index contributed by atoms with van der Waals surface area (Å²) < 4.78 is 44.1. The predicted molar refractivity (Wildman–Crippen MR) is 87.4 cm³/mol. The fourth-order valence-electron chi connectivity index (χ4n) is 3.29. The van der Waals surface area contributed by atoms with E-state index in [-0.39, 0.29) is 24.1 Å². The molecule has 0 unspecified atom stereocenters. The maximum Gasteiger partial charge on any atom is 0.418 e. The number of ether oxygens (including phenoxy) is 1. The number of nitrogens with zero attached hydrogens (tertiary/aromatic N) is 3. The van der Waals surface area contributed by atoms with Gasteiger partial charge in [0.2, 0.25) is 0 Å². The van der Waals surface area contributed by atoms with Gasteiger partial charge in [-0.15, -0.1) is 0 Å². The Morgan fingerprint density at radius 2 is 2.07 bits per heavy atom. The highest BCUT2D eigenvalue weighted by atomic mass is 19.4. The summed E-state index contributed by atoms with van der Waals surface area (Å²) in [5, 5.41) is 9.29. The van der Waals surface area contributed by atoms with Crippen LogP contribution in [0.3, 0.4) is 0 Å². The number of amides is 1. The lowest BCUT2D eigenvalue weighted by Gasteiger charge is -2.41. The van der Waals surface area contributed by atoms with Gasteiger partial charge in [-0.1, -0.05) is 0 Å². The van der Waals surface area contributed by atoms with Crippen molar-refractivity contribution < 1.29 is 32.6 Å². The Morgan fingerprint density at radius 1 is 1.37 bits per heavy atom. The molecular weight excluding hydrogens is 367 g/mol. The Kier molecular flexibility index (Phi) is 4.79. The van der Waals surface area contributed by atoms with E-state index in [1.807, 2.05) is 4.90 Å². The lowest BCUT2D eigenvalue weighted by atomic mass is 9.92. The minimum absolute atomic E-state index is 0.0196. The first-order valence-electron chi connectivity index (χ1n) is 8.46.